The Hall–Kier alpha value is -3.65. The van der Waals surface area contributed by atoms with E-state index in [-0.39, 0.29) is 17.9 Å². The summed E-state index contributed by atoms with van der Waals surface area (Å²) < 4.78 is 7.36. The minimum Gasteiger partial charge on any atom is -0.457 e. The molecule has 1 saturated carbocycles. The van der Waals surface area contributed by atoms with Crippen molar-refractivity contribution in [3.8, 4) is 0 Å². The van der Waals surface area contributed by atoms with Gasteiger partial charge >= 0.3 is 11.7 Å². The molecule has 8 nitrogen and oxygen atoms in total. The van der Waals surface area contributed by atoms with Gasteiger partial charge in [0.1, 0.15) is 11.4 Å². The number of benzene rings is 2. The first-order chi connectivity index (χ1) is 16.2. The van der Waals surface area contributed by atoms with Crippen molar-refractivity contribution in [3.05, 3.63) is 97.1 Å². The zero-order chi connectivity index (χ0) is 24.5. The molecule has 0 bridgehead atoms. The van der Waals surface area contributed by atoms with Crippen LogP contribution in [-0.2, 0) is 28.5 Å². The number of rotatable bonds is 7. The Morgan fingerprint density at radius 3 is 2.29 bits per heavy atom. The SMILES string of the molecule is Cn1c(=O)c(C(=O)COC(=O)C2(c3ccc(Cl)cc3)CCC2)c(N)n(Cc2ccccc2)c1=O. The normalized spacial score (nSPS) is 14.3. The number of hydrogen-bond donors (Lipinski definition) is 1. The molecular formula is C25H24ClN3O5. The Bertz CT molecular complexity index is 1360. The second-order valence-corrected chi connectivity index (χ2v) is 8.86. The Morgan fingerprint density at radius 2 is 1.71 bits per heavy atom. The van der Waals surface area contributed by atoms with Crippen LogP contribution in [-0.4, -0.2) is 27.5 Å². The second kappa shape index (κ2) is 9.30. The highest BCUT2D eigenvalue weighted by Gasteiger charge is 2.47. The fourth-order valence-corrected chi connectivity index (χ4v) is 4.34. The molecule has 0 spiro atoms. The van der Waals surface area contributed by atoms with Crippen LogP contribution in [0.25, 0.3) is 0 Å². The van der Waals surface area contributed by atoms with E-state index in [0.717, 1.165) is 26.7 Å². The van der Waals surface area contributed by atoms with Gasteiger partial charge in [-0.25, -0.2) is 4.79 Å². The lowest BCUT2D eigenvalue weighted by Gasteiger charge is -2.39. The van der Waals surface area contributed by atoms with Crippen LogP contribution < -0.4 is 17.0 Å². The van der Waals surface area contributed by atoms with Crippen LogP contribution in [0, 0.1) is 0 Å². The first-order valence-corrected chi connectivity index (χ1v) is 11.2. The van der Waals surface area contributed by atoms with Crippen LogP contribution in [0.15, 0.2) is 64.2 Å². The lowest BCUT2D eigenvalue weighted by atomic mass is 9.64. The molecule has 176 valence electrons. The Balaban J connectivity index is 1.58. The van der Waals surface area contributed by atoms with E-state index in [2.05, 4.69) is 0 Å². The van der Waals surface area contributed by atoms with Crippen molar-refractivity contribution in [2.45, 2.75) is 31.2 Å². The number of carbonyl (C=O) groups is 2. The molecular weight excluding hydrogens is 458 g/mol. The van der Waals surface area contributed by atoms with E-state index < -0.39 is 35.0 Å². The standard InChI is InChI=1S/C25H24ClN3O5/c1-28-22(31)20(21(27)29(24(28)33)14-16-6-3-2-4-7-16)19(30)15-34-23(32)25(12-5-13-25)17-8-10-18(26)11-9-17/h2-4,6-11H,5,12-15,27H2,1H3. The van der Waals surface area contributed by atoms with Gasteiger partial charge in [-0.1, -0.05) is 60.5 Å². The summed E-state index contributed by atoms with van der Waals surface area (Å²) in [5, 5.41) is 0.554. The molecule has 0 atom stereocenters. The van der Waals surface area contributed by atoms with Crippen LogP contribution >= 0.6 is 11.6 Å². The monoisotopic (exact) mass is 481 g/mol. The molecule has 9 heteroatoms. The molecule has 0 saturated heterocycles. The molecule has 2 aromatic carbocycles. The van der Waals surface area contributed by atoms with Crippen LogP contribution in [0.5, 0.6) is 0 Å². The fraction of sp³-hybridized carbons (Fsp3) is 0.280. The van der Waals surface area contributed by atoms with Gasteiger partial charge in [0.15, 0.2) is 6.61 Å². The molecule has 0 radical (unpaired) electrons. The van der Waals surface area contributed by atoms with Gasteiger partial charge < -0.3 is 10.5 Å². The van der Waals surface area contributed by atoms with E-state index in [1.807, 2.05) is 6.07 Å². The zero-order valence-corrected chi connectivity index (χ0v) is 19.4. The summed E-state index contributed by atoms with van der Waals surface area (Å²) in [6.45, 7) is -0.573. The van der Waals surface area contributed by atoms with Crippen molar-refractivity contribution in [1.29, 1.82) is 0 Å². The molecule has 34 heavy (non-hydrogen) atoms. The summed E-state index contributed by atoms with van der Waals surface area (Å²) in [7, 11) is 1.28. The Kier molecular flexibility index (Phi) is 6.43. The van der Waals surface area contributed by atoms with Crippen LogP contribution in [0.3, 0.4) is 0 Å². The number of aromatic nitrogens is 2. The predicted octanol–water partition coefficient (Wildman–Crippen LogP) is 2.68. The molecule has 2 N–H and O–H groups in total. The molecule has 0 amide bonds. The molecule has 0 aliphatic heterocycles. The van der Waals surface area contributed by atoms with Crippen LogP contribution in [0.2, 0.25) is 5.02 Å². The summed E-state index contributed by atoms with van der Waals surface area (Å²) in [5.41, 5.74) is 4.97. The van der Waals surface area contributed by atoms with Crippen molar-refractivity contribution in [1.82, 2.24) is 9.13 Å². The highest BCUT2D eigenvalue weighted by Crippen LogP contribution is 2.45. The number of nitrogen functional groups attached to an aromatic ring is 1. The van der Waals surface area contributed by atoms with E-state index in [4.69, 9.17) is 22.1 Å². The predicted molar refractivity (Wildman–Crippen MR) is 128 cm³/mol. The molecule has 1 heterocycles. The Labute approximate surface area is 200 Å². The summed E-state index contributed by atoms with van der Waals surface area (Å²) in [5.74, 6) is -1.56. The maximum absolute atomic E-state index is 13.0. The number of ketones is 1. The average molecular weight is 482 g/mol. The number of nitrogens with two attached hydrogens (primary N) is 1. The van der Waals surface area contributed by atoms with Gasteiger partial charge in [0, 0.05) is 12.1 Å². The number of halogens is 1. The summed E-state index contributed by atoms with van der Waals surface area (Å²) in [6, 6.07) is 16.0. The maximum Gasteiger partial charge on any atom is 0.332 e. The maximum atomic E-state index is 13.0. The Morgan fingerprint density at radius 1 is 1.06 bits per heavy atom. The van der Waals surface area contributed by atoms with E-state index in [0.29, 0.717) is 17.9 Å². The topological polar surface area (TPSA) is 113 Å². The van der Waals surface area contributed by atoms with Crippen molar-refractivity contribution >= 4 is 29.2 Å². The third kappa shape index (κ3) is 4.17. The van der Waals surface area contributed by atoms with Crippen molar-refractivity contribution in [2.24, 2.45) is 7.05 Å². The van der Waals surface area contributed by atoms with Crippen LogP contribution in [0.4, 0.5) is 5.82 Å². The highest BCUT2D eigenvalue weighted by atomic mass is 35.5. The molecule has 0 unspecified atom stereocenters. The number of carbonyl (C=O) groups excluding carboxylic acids is 2. The molecule has 1 fully saturated rings. The van der Waals surface area contributed by atoms with Crippen molar-refractivity contribution < 1.29 is 14.3 Å². The highest BCUT2D eigenvalue weighted by molar-refractivity contribution is 6.30. The van der Waals surface area contributed by atoms with Gasteiger partial charge in [-0.15, -0.1) is 0 Å². The van der Waals surface area contributed by atoms with E-state index >= 15 is 0 Å². The number of ether oxygens (including phenoxy) is 1. The number of nitrogens with zero attached hydrogens (tertiary/aromatic N) is 2. The van der Waals surface area contributed by atoms with Gasteiger partial charge in [0.25, 0.3) is 5.56 Å². The first kappa shape index (κ1) is 23.5. The van der Waals surface area contributed by atoms with E-state index in [1.54, 1.807) is 48.5 Å². The van der Waals surface area contributed by atoms with Gasteiger partial charge in [-0.05, 0) is 36.1 Å². The zero-order valence-electron chi connectivity index (χ0n) is 18.6. The quantitative estimate of drug-likeness (QED) is 0.410. The molecule has 3 aromatic rings. The molecule has 4 rings (SSSR count). The largest absolute Gasteiger partial charge is 0.457 e. The molecule has 1 aliphatic carbocycles. The number of esters is 1. The average Bonchev–Trinajstić information content (AvgIpc) is 2.80. The summed E-state index contributed by atoms with van der Waals surface area (Å²) >= 11 is 5.96. The van der Waals surface area contributed by atoms with Gasteiger partial charge in [0.05, 0.1) is 12.0 Å². The first-order valence-electron chi connectivity index (χ1n) is 10.8. The van der Waals surface area contributed by atoms with Gasteiger partial charge in [-0.2, -0.15) is 0 Å². The third-order valence-electron chi connectivity index (χ3n) is 6.37. The number of anilines is 1. The second-order valence-electron chi connectivity index (χ2n) is 8.42. The fourth-order valence-electron chi connectivity index (χ4n) is 4.22. The molecule has 1 aromatic heterocycles. The summed E-state index contributed by atoms with van der Waals surface area (Å²) in [4.78, 5) is 51.3. The number of Topliss-reactive ketones (excluding diaryl/α,β-unsaturated/α-hetero) is 1. The third-order valence-corrected chi connectivity index (χ3v) is 6.63. The van der Waals surface area contributed by atoms with Crippen molar-refractivity contribution in [2.75, 3.05) is 12.3 Å². The van der Waals surface area contributed by atoms with Gasteiger partial charge in [0.2, 0.25) is 5.78 Å². The lowest BCUT2D eigenvalue weighted by Crippen LogP contribution is -2.45. The van der Waals surface area contributed by atoms with E-state index in [1.165, 1.54) is 7.05 Å². The van der Waals surface area contributed by atoms with Gasteiger partial charge in [-0.3, -0.25) is 23.5 Å². The number of hydrogen-bond acceptors (Lipinski definition) is 6. The minimum atomic E-state index is -0.840. The van der Waals surface area contributed by atoms with E-state index in [9.17, 15) is 19.2 Å². The minimum absolute atomic E-state index is 0.0827. The lowest BCUT2D eigenvalue weighted by molar-refractivity contribution is -0.153. The molecule has 1 aliphatic rings. The smallest absolute Gasteiger partial charge is 0.332 e. The van der Waals surface area contributed by atoms with Crippen molar-refractivity contribution in [3.63, 3.8) is 0 Å². The van der Waals surface area contributed by atoms with Crippen LogP contribution in [0.1, 0.15) is 40.7 Å². The summed E-state index contributed by atoms with van der Waals surface area (Å²) in [6.07, 6.45) is 2.03.